The van der Waals surface area contributed by atoms with Gasteiger partial charge in [-0.1, -0.05) is 108 Å². The fraction of sp³-hybridized carbons (Fsp3) is 0.781. The third-order valence-electron chi connectivity index (χ3n) is 6.79. The lowest BCUT2D eigenvalue weighted by molar-refractivity contribution is -0.124. The topological polar surface area (TPSA) is 151 Å². The Labute approximate surface area is 255 Å². The normalized spacial score (nSPS) is 15.9. The monoisotopic (exact) mass is 616 g/mol. The summed E-state index contributed by atoms with van der Waals surface area (Å²) in [6, 6.07) is -0.984. The minimum absolute atomic E-state index is 0.0451. The van der Waals surface area contributed by atoms with Crippen LogP contribution in [0.1, 0.15) is 123 Å². The summed E-state index contributed by atoms with van der Waals surface area (Å²) in [6.07, 6.45) is 26.8. The van der Waals surface area contributed by atoms with Crippen LogP contribution in [0.15, 0.2) is 36.5 Å². The number of rotatable bonds is 29. The molecule has 0 rings (SSSR count). The van der Waals surface area contributed by atoms with E-state index in [0.717, 1.165) is 57.8 Å². The molecule has 4 atom stereocenters. The van der Waals surface area contributed by atoms with Gasteiger partial charge in [-0.3, -0.25) is 13.8 Å². The quantitative estimate of drug-likeness (QED) is 0.0272. The molecule has 4 unspecified atom stereocenters. The number of phosphoric acid groups is 1. The predicted octanol–water partition coefficient (Wildman–Crippen LogP) is 6.63. The highest BCUT2D eigenvalue weighted by Crippen LogP contribution is 2.43. The van der Waals surface area contributed by atoms with E-state index in [9.17, 15) is 24.5 Å². The standard InChI is InChI=1S/C32H61N2O7P/c1-3-5-7-9-11-12-13-14-15-16-18-19-21-23-29(35)27-32(37)34-30(28-41-42(38,39)40-26-25-33)31(36)24-22-20-17-10-8-6-4-2/h11-14,22,24,29-31,35-36H,3-10,15-21,23,25-28,33H2,1-2H3,(H,34,37)(H,38,39)/b12-11-,14-13-,24-22+. The number of hydrogen-bond donors (Lipinski definition) is 5. The Kier molecular flexibility index (Phi) is 27.6. The highest BCUT2D eigenvalue weighted by molar-refractivity contribution is 7.47. The number of carbonyl (C=O) groups is 1. The Morgan fingerprint density at radius 3 is 2.00 bits per heavy atom. The number of nitrogens with one attached hydrogen (secondary N) is 1. The van der Waals surface area contributed by atoms with E-state index in [0.29, 0.717) is 6.42 Å². The van der Waals surface area contributed by atoms with Gasteiger partial charge in [0, 0.05) is 6.54 Å². The van der Waals surface area contributed by atoms with E-state index in [4.69, 9.17) is 14.8 Å². The van der Waals surface area contributed by atoms with Crippen molar-refractivity contribution in [2.24, 2.45) is 5.73 Å². The molecular formula is C32H61N2O7P. The number of allylic oxidation sites excluding steroid dienone is 5. The number of amides is 1. The van der Waals surface area contributed by atoms with E-state index in [2.05, 4.69) is 43.5 Å². The van der Waals surface area contributed by atoms with Crippen molar-refractivity contribution in [3.63, 3.8) is 0 Å². The van der Waals surface area contributed by atoms with Gasteiger partial charge in [-0.25, -0.2) is 4.57 Å². The van der Waals surface area contributed by atoms with Crippen LogP contribution in [0.2, 0.25) is 0 Å². The molecule has 0 aromatic carbocycles. The molecule has 0 aliphatic carbocycles. The van der Waals surface area contributed by atoms with Crippen LogP contribution in [-0.2, 0) is 18.4 Å². The molecule has 0 bridgehead atoms. The largest absolute Gasteiger partial charge is 0.472 e. The van der Waals surface area contributed by atoms with Crippen LogP contribution in [0.5, 0.6) is 0 Å². The van der Waals surface area contributed by atoms with Crippen LogP contribution < -0.4 is 11.1 Å². The average Bonchev–Trinajstić information content (AvgIpc) is 2.96. The third kappa shape index (κ3) is 26.3. The molecule has 9 nitrogen and oxygen atoms in total. The maximum absolute atomic E-state index is 12.6. The first-order valence-electron chi connectivity index (χ1n) is 16.2. The maximum atomic E-state index is 12.6. The molecule has 0 spiro atoms. The summed E-state index contributed by atoms with van der Waals surface area (Å²) in [7, 11) is -4.38. The summed E-state index contributed by atoms with van der Waals surface area (Å²) >= 11 is 0. The zero-order valence-electron chi connectivity index (χ0n) is 26.3. The average molecular weight is 617 g/mol. The second-order valence-electron chi connectivity index (χ2n) is 10.9. The van der Waals surface area contributed by atoms with Gasteiger partial charge >= 0.3 is 7.82 Å². The molecule has 0 aliphatic heterocycles. The maximum Gasteiger partial charge on any atom is 0.472 e. The third-order valence-corrected chi connectivity index (χ3v) is 7.78. The van der Waals surface area contributed by atoms with E-state index < -0.39 is 38.6 Å². The minimum atomic E-state index is -4.38. The number of phosphoric ester groups is 1. The van der Waals surface area contributed by atoms with Gasteiger partial charge in [-0.05, 0) is 44.9 Å². The molecule has 1 amide bonds. The molecule has 6 N–H and O–H groups in total. The first kappa shape index (κ1) is 40.7. The summed E-state index contributed by atoms with van der Waals surface area (Å²) in [4.78, 5) is 22.4. The van der Waals surface area contributed by atoms with E-state index in [1.54, 1.807) is 6.08 Å². The van der Waals surface area contributed by atoms with Crippen LogP contribution in [-0.4, -0.2) is 59.0 Å². The zero-order valence-corrected chi connectivity index (χ0v) is 27.2. The van der Waals surface area contributed by atoms with Gasteiger partial charge in [-0.15, -0.1) is 0 Å². The first-order chi connectivity index (χ1) is 20.3. The lowest BCUT2D eigenvalue weighted by atomic mass is 10.0. The van der Waals surface area contributed by atoms with E-state index >= 15 is 0 Å². The lowest BCUT2D eigenvalue weighted by Crippen LogP contribution is -2.46. The Morgan fingerprint density at radius 2 is 1.38 bits per heavy atom. The smallest absolute Gasteiger partial charge is 0.393 e. The molecule has 42 heavy (non-hydrogen) atoms. The van der Waals surface area contributed by atoms with Crippen molar-refractivity contribution in [2.75, 3.05) is 19.8 Å². The Bertz CT molecular complexity index is 776. The van der Waals surface area contributed by atoms with Gasteiger partial charge in [0.15, 0.2) is 0 Å². The van der Waals surface area contributed by atoms with Crippen LogP contribution in [0.3, 0.4) is 0 Å². The Hall–Kier alpha value is -1.32. The van der Waals surface area contributed by atoms with E-state index in [1.165, 1.54) is 38.5 Å². The molecule has 0 aromatic rings. The Morgan fingerprint density at radius 1 is 0.833 bits per heavy atom. The first-order valence-corrected chi connectivity index (χ1v) is 17.7. The van der Waals surface area contributed by atoms with Crippen molar-refractivity contribution in [1.82, 2.24) is 5.32 Å². The molecule has 0 saturated heterocycles. The van der Waals surface area contributed by atoms with Gasteiger partial charge in [0.05, 0.1) is 37.9 Å². The predicted molar refractivity (Wildman–Crippen MR) is 172 cm³/mol. The second kappa shape index (κ2) is 28.5. The molecule has 246 valence electrons. The van der Waals surface area contributed by atoms with Crippen molar-refractivity contribution in [3.8, 4) is 0 Å². The lowest BCUT2D eigenvalue weighted by Gasteiger charge is -2.24. The second-order valence-corrected chi connectivity index (χ2v) is 12.3. The molecule has 0 aliphatic rings. The number of hydrogen-bond acceptors (Lipinski definition) is 7. The summed E-state index contributed by atoms with van der Waals surface area (Å²) in [5.41, 5.74) is 5.31. The summed E-state index contributed by atoms with van der Waals surface area (Å²) in [5, 5.41) is 23.7. The minimum Gasteiger partial charge on any atom is -0.393 e. The highest BCUT2D eigenvalue weighted by Gasteiger charge is 2.27. The highest BCUT2D eigenvalue weighted by atomic mass is 31.2. The molecule has 0 radical (unpaired) electrons. The molecule has 0 fully saturated rings. The molecule has 0 saturated carbocycles. The SMILES string of the molecule is CCCCC/C=C\C=C/CCCCCCC(O)CC(=O)NC(COP(=O)(O)OCCN)C(O)/C=C/CCCCCCC. The molecule has 0 aromatic heterocycles. The van der Waals surface area contributed by atoms with E-state index in [-0.39, 0.29) is 19.6 Å². The van der Waals surface area contributed by atoms with Gasteiger partial charge in [0.2, 0.25) is 5.91 Å². The zero-order chi connectivity index (χ0) is 31.3. The van der Waals surface area contributed by atoms with Crippen LogP contribution in [0.4, 0.5) is 0 Å². The number of unbranched alkanes of at least 4 members (excludes halogenated alkanes) is 12. The molecule has 10 heteroatoms. The van der Waals surface area contributed by atoms with Crippen molar-refractivity contribution in [1.29, 1.82) is 0 Å². The van der Waals surface area contributed by atoms with Gasteiger partial charge in [0.1, 0.15) is 0 Å². The van der Waals surface area contributed by atoms with Crippen molar-refractivity contribution in [3.05, 3.63) is 36.5 Å². The summed E-state index contributed by atoms with van der Waals surface area (Å²) in [6.45, 7) is 3.81. The summed E-state index contributed by atoms with van der Waals surface area (Å²) in [5.74, 6) is -0.466. The van der Waals surface area contributed by atoms with Crippen LogP contribution in [0, 0.1) is 0 Å². The number of nitrogens with two attached hydrogens (primary N) is 1. The van der Waals surface area contributed by atoms with E-state index in [1.807, 2.05) is 6.08 Å². The van der Waals surface area contributed by atoms with Crippen molar-refractivity contribution >= 4 is 13.7 Å². The Balaban J connectivity index is 4.50. The number of aliphatic hydroxyl groups excluding tert-OH is 2. The summed E-state index contributed by atoms with van der Waals surface area (Å²) < 4.78 is 21.8. The van der Waals surface area contributed by atoms with Gasteiger partial charge in [-0.2, -0.15) is 0 Å². The van der Waals surface area contributed by atoms with Crippen molar-refractivity contribution < 1.29 is 33.5 Å². The molecule has 0 heterocycles. The number of carbonyl (C=O) groups excluding carboxylic acids is 1. The molecular weight excluding hydrogens is 555 g/mol. The fourth-order valence-corrected chi connectivity index (χ4v) is 5.04. The van der Waals surface area contributed by atoms with Gasteiger partial charge < -0.3 is 26.2 Å². The van der Waals surface area contributed by atoms with Crippen LogP contribution >= 0.6 is 7.82 Å². The number of aliphatic hydroxyl groups is 2. The van der Waals surface area contributed by atoms with Crippen LogP contribution in [0.25, 0.3) is 0 Å². The fourth-order valence-electron chi connectivity index (χ4n) is 4.28. The van der Waals surface area contributed by atoms with Gasteiger partial charge in [0.25, 0.3) is 0 Å². The van der Waals surface area contributed by atoms with Crippen molar-refractivity contribution in [2.45, 2.75) is 141 Å².